The van der Waals surface area contributed by atoms with Gasteiger partial charge in [0.25, 0.3) is 0 Å². The normalized spacial score (nSPS) is 33.1. The summed E-state index contributed by atoms with van der Waals surface area (Å²) in [5.41, 5.74) is 6.08. The molecule has 2 aliphatic rings. The smallest absolute Gasteiger partial charge is 0.234 e. The molecule has 98 valence electrons. The maximum atomic E-state index is 11.7. The first-order valence-corrected chi connectivity index (χ1v) is 6.81. The minimum atomic E-state index is 0.159. The van der Waals surface area contributed by atoms with Crippen molar-refractivity contribution in [2.24, 2.45) is 23.5 Å². The summed E-state index contributed by atoms with van der Waals surface area (Å²) in [7, 11) is 0. The van der Waals surface area contributed by atoms with Crippen LogP contribution in [0.25, 0.3) is 0 Å². The standard InChI is InChI=1S/C13H25N3O/c1-9(2)5-15-13(17)8-16-6-10-3-4-12(14)11(10)7-16/h9-12H,3-8,14H2,1-2H3,(H,15,17). The summed E-state index contributed by atoms with van der Waals surface area (Å²) >= 11 is 0. The molecule has 0 bridgehead atoms. The lowest BCUT2D eigenvalue weighted by atomic mass is 9.98. The van der Waals surface area contributed by atoms with E-state index >= 15 is 0 Å². The van der Waals surface area contributed by atoms with Gasteiger partial charge in [0.2, 0.25) is 5.91 Å². The van der Waals surface area contributed by atoms with E-state index < -0.39 is 0 Å². The molecule has 0 aromatic rings. The maximum absolute atomic E-state index is 11.7. The van der Waals surface area contributed by atoms with Crippen LogP contribution in [-0.4, -0.2) is 43.0 Å². The maximum Gasteiger partial charge on any atom is 0.234 e. The fourth-order valence-corrected chi connectivity index (χ4v) is 3.11. The number of rotatable bonds is 4. The van der Waals surface area contributed by atoms with Gasteiger partial charge in [0, 0.05) is 25.7 Å². The molecule has 3 N–H and O–H groups in total. The van der Waals surface area contributed by atoms with Crippen LogP contribution in [0.1, 0.15) is 26.7 Å². The molecule has 1 amide bonds. The highest BCUT2D eigenvalue weighted by molar-refractivity contribution is 5.78. The van der Waals surface area contributed by atoms with Crippen LogP contribution in [0, 0.1) is 17.8 Å². The lowest BCUT2D eigenvalue weighted by Crippen LogP contribution is -2.38. The van der Waals surface area contributed by atoms with Gasteiger partial charge >= 0.3 is 0 Å². The molecule has 1 saturated carbocycles. The summed E-state index contributed by atoms with van der Waals surface area (Å²) in [5.74, 6) is 2.05. The van der Waals surface area contributed by atoms with Gasteiger partial charge in [0.15, 0.2) is 0 Å². The van der Waals surface area contributed by atoms with Gasteiger partial charge in [0.1, 0.15) is 0 Å². The van der Waals surface area contributed by atoms with E-state index in [0.29, 0.717) is 24.4 Å². The first-order valence-electron chi connectivity index (χ1n) is 6.81. The molecule has 4 nitrogen and oxygen atoms in total. The van der Waals surface area contributed by atoms with E-state index in [-0.39, 0.29) is 5.91 Å². The Morgan fingerprint density at radius 2 is 2.18 bits per heavy atom. The summed E-state index contributed by atoms with van der Waals surface area (Å²) in [5, 5.41) is 2.97. The van der Waals surface area contributed by atoms with E-state index in [1.807, 2.05) is 0 Å². The monoisotopic (exact) mass is 239 g/mol. The highest BCUT2D eigenvalue weighted by Gasteiger charge is 2.41. The number of hydrogen-bond donors (Lipinski definition) is 2. The average Bonchev–Trinajstić information content (AvgIpc) is 2.78. The van der Waals surface area contributed by atoms with Crippen molar-refractivity contribution in [1.29, 1.82) is 0 Å². The zero-order chi connectivity index (χ0) is 12.4. The van der Waals surface area contributed by atoms with Crippen LogP contribution in [-0.2, 0) is 4.79 Å². The number of fused-ring (bicyclic) bond motifs is 1. The first-order chi connectivity index (χ1) is 8.06. The predicted molar refractivity (Wildman–Crippen MR) is 68.5 cm³/mol. The molecule has 0 radical (unpaired) electrons. The minimum absolute atomic E-state index is 0.159. The van der Waals surface area contributed by atoms with Crippen LogP contribution in [0.5, 0.6) is 0 Å². The third kappa shape index (κ3) is 3.19. The quantitative estimate of drug-likeness (QED) is 0.748. The van der Waals surface area contributed by atoms with Gasteiger partial charge in [-0.15, -0.1) is 0 Å². The molecular formula is C13H25N3O. The lowest BCUT2D eigenvalue weighted by molar-refractivity contribution is -0.122. The molecule has 4 heteroatoms. The number of hydrogen-bond acceptors (Lipinski definition) is 3. The van der Waals surface area contributed by atoms with E-state index in [9.17, 15) is 4.79 Å². The summed E-state index contributed by atoms with van der Waals surface area (Å²) in [6, 6.07) is 0.365. The second-order valence-electron chi connectivity index (χ2n) is 6.06. The van der Waals surface area contributed by atoms with Crippen LogP contribution >= 0.6 is 0 Å². The molecule has 2 rings (SSSR count). The molecule has 3 atom stereocenters. The van der Waals surface area contributed by atoms with Crippen molar-refractivity contribution < 1.29 is 4.79 Å². The van der Waals surface area contributed by atoms with E-state index in [0.717, 1.165) is 25.6 Å². The van der Waals surface area contributed by atoms with Crippen LogP contribution in [0.3, 0.4) is 0 Å². The van der Waals surface area contributed by atoms with Crippen molar-refractivity contribution in [3.05, 3.63) is 0 Å². The fourth-order valence-electron chi connectivity index (χ4n) is 3.11. The Labute approximate surface area is 104 Å². The lowest BCUT2D eigenvalue weighted by Gasteiger charge is -2.18. The zero-order valence-corrected chi connectivity index (χ0v) is 11.0. The predicted octanol–water partition coefficient (Wildman–Crippen LogP) is 0.428. The molecule has 17 heavy (non-hydrogen) atoms. The molecule has 0 aromatic heterocycles. The Kier molecular flexibility index (Phi) is 4.05. The van der Waals surface area contributed by atoms with Crippen LogP contribution in [0.2, 0.25) is 0 Å². The van der Waals surface area contributed by atoms with Crippen molar-refractivity contribution in [1.82, 2.24) is 10.2 Å². The molecule has 2 fully saturated rings. The topological polar surface area (TPSA) is 58.4 Å². The molecular weight excluding hydrogens is 214 g/mol. The molecule has 1 saturated heterocycles. The molecule has 1 aliphatic heterocycles. The summed E-state index contributed by atoms with van der Waals surface area (Å²) in [6.07, 6.45) is 2.42. The Morgan fingerprint density at radius 3 is 2.82 bits per heavy atom. The number of carbonyl (C=O) groups excluding carboxylic acids is 1. The van der Waals surface area contributed by atoms with Gasteiger partial charge in [0.05, 0.1) is 6.54 Å². The van der Waals surface area contributed by atoms with Crippen LogP contribution in [0.15, 0.2) is 0 Å². The number of carbonyl (C=O) groups is 1. The van der Waals surface area contributed by atoms with Gasteiger partial charge < -0.3 is 11.1 Å². The van der Waals surface area contributed by atoms with Gasteiger partial charge in [-0.3, -0.25) is 9.69 Å². The third-order valence-corrected chi connectivity index (χ3v) is 4.06. The van der Waals surface area contributed by atoms with Crippen molar-refractivity contribution >= 4 is 5.91 Å². The van der Waals surface area contributed by atoms with Crippen LogP contribution in [0.4, 0.5) is 0 Å². The van der Waals surface area contributed by atoms with Gasteiger partial charge in [-0.2, -0.15) is 0 Å². The van der Waals surface area contributed by atoms with Gasteiger partial charge in [-0.25, -0.2) is 0 Å². The van der Waals surface area contributed by atoms with Gasteiger partial charge in [-0.05, 0) is 30.6 Å². The Hall–Kier alpha value is -0.610. The molecule has 1 aliphatic carbocycles. The molecule has 1 heterocycles. The van der Waals surface area contributed by atoms with E-state index in [4.69, 9.17) is 5.73 Å². The van der Waals surface area contributed by atoms with E-state index in [1.54, 1.807) is 0 Å². The highest BCUT2D eigenvalue weighted by Crippen LogP contribution is 2.36. The zero-order valence-electron chi connectivity index (χ0n) is 11.0. The number of amides is 1. The largest absolute Gasteiger partial charge is 0.355 e. The fraction of sp³-hybridized carbons (Fsp3) is 0.923. The van der Waals surface area contributed by atoms with Crippen molar-refractivity contribution in [2.75, 3.05) is 26.2 Å². The van der Waals surface area contributed by atoms with Crippen molar-refractivity contribution in [2.45, 2.75) is 32.7 Å². The Balaban J connectivity index is 1.73. The second-order valence-corrected chi connectivity index (χ2v) is 6.06. The minimum Gasteiger partial charge on any atom is -0.355 e. The number of nitrogens with two attached hydrogens (primary N) is 1. The van der Waals surface area contributed by atoms with E-state index in [2.05, 4.69) is 24.1 Å². The molecule has 3 unspecified atom stereocenters. The van der Waals surface area contributed by atoms with Crippen LogP contribution < -0.4 is 11.1 Å². The first kappa shape index (κ1) is 12.8. The highest BCUT2D eigenvalue weighted by atomic mass is 16.2. The molecule has 0 aromatic carbocycles. The summed E-state index contributed by atoms with van der Waals surface area (Å²) in [6.45, 7) is 7.62. The summed E-state index contributed by atoms with van der Waals surface area (Å²) in [4.78, 5) is 14.0. The molecule has 0 spiro atoms. The SMILES string of the molecule is CC(C)CNC(=O)CN1CC2CCC(N)C2C1. The van der Waals surface area contributed by atoms with E-state index in [1.165, 1.54) is 12.8 Å². The van der Waals surface area contributed by atoms with Gasteiger partial charge in [-0.1, -0.05) is 13.8 Å². The second kappa shape index (κ2) is 5.36. The van der Waals surface area contributed by atoms with Crippen molar-refractivity contribution in [3.8, 4) is 0 Å². The Bertz CT molecular complexity index is 280. The summed E-state index contributed by atoms with van der Waals surface area (Å²) < 4.78 is 0. The average molecular weight is 239 g/mol. The van der Waals surface area contributed by atoms with Crippen molar-refractivity contribution in [3.63, 3.8) is 0 Å². The third-order valence-electron chi connectivity index (χ3n) is 4.06. The Morgan fingerprint density at radius 1 is 1.41 bits per heavy atom. The number of nitrogens with one attached hydrogen (secondary N) is 1. The number of nitrogens with zero attached hydrogens (tertiary/aromatic N) is 1. The number of likely N-dealkylation sites (tertiary alicyclic amines) is 1.